The molecule has 3 heteroatoms. The van der Waals surface area contributed by atoms with Crippen molar-refractivity contribution in [2.75, 3.05) is 13.1 Å². The molecule has 0 aromatic heterocycles. The molecule has 0 bridgehead atoms. The van der Waals surface area contributed by atoms with Crippen molar-refractivity contribution in [3.63, 3.8) is 0 Å². The molecule has 0 unspecified atom stereocenters. The maximum absolute atomic E-state index is 10.9. The topological polar surface area (TPSA) is 46.3 Å². The highest BCUT2D eigenvalue weighted by atomic mass is 16.2. The number of nitrogens with zero attached hydrogens (tertiary/aromatic N) is 1. The number of hydrogen-bond donors (Lipinski definition) is 1. The van der Waals surface area contributed by atoms with Crippen molar-refractivity contribution < 1.29 is 4.79 Å². The molecule has 3 nitrogen and oxygen atoms in total. The van der Waals surface area contributed by atoms with Crippen molar-refractivity contribution in [1.29, 1.82) is 0 Å². The molecule has 0 saturated carbocycles. The minimum Gasteiger partial charge on any atom is -0.351 e. The largest absolute Gasteiger partial charge is 0.351 e. The molecule has 0 aliphatic carbocycles. The van der Waals surface area contributed by atoms with E-state index >= 15 is 0 Å². The van der Waals surface area contributed by atoms with E-state index in [0.717, 1.165) is 32.4 Å². The average Bonchev–Trinajstić information content (AvgIpc) is 2.18. The summed E-state index contributed by atoms with van der Waals surface area (Å²) in [4.78, 5) is 12.7. The Hall–Kier alpha value is -0.990. The zero-order valence-electron chi connectivity index (χ0n) is 9.83. The number of hydrogen-bond acceptors (Lipinski definition) is 1. The maximum atomic E-state index is 10.9. The predicted molar refractivity (Wildman–Crippen MR) is 62.5 cm³/mol. The number of urea groups is 1. The molecule has 15 heavy (non-hydrogen) atoms. The van der Waals surface area contributed by atoms with Gasteiger partial charge in [-0.05, 0) is 31.1 Å². The molecule has 1 heterocycles. The molecule has 0 atom stereocenters. The molecule has 1 aliphatic rings. The third-order valence-electron chi connectivity index (χ3n) is 3.29. The lowest BCUT2D eigenvalue weighted by atomic mass is 9.87. The van der Waals surface area contributed by atoms with E-state index in [0.29, 0.717) is 11.8 Å². The van der Waals surface area contributed by atoms with Gasteiger partial charge in [0.15, 0.2) is 0 Å². The molecule has 2 amide bonds. The lowest BCUT2D eigenvalue weighted by Gasteiger charge is -2.31. The Balaban J connectivity index is 2.32. The number of carbonyl (C=O) groups excluding carboxylic acids is 1. The first kappa shape index (κ1) is 12.1. The van der Waals surface area contributed by atoms with Crippen molar-refractivity contribution in [2.24, 2.45) is 17.6 Å². The van der Waals surface area contributed by atoms with Crippen molar-refractivity contribution in [2.45, 2.75) is 33.1 Å². The summed E-state index contributed by atoms with van der Waals surface area (Å²) >= 11 is 0. The Labute approximate surface area is 92.3 Å². The minimum atomic E-state index is -0.281. The molecule has 0 radical (unpaired) electrons. The number of rotatable bonds is 3. The number of piperidine rings is 1. The van der Waals surface area contributed by atoms with Crippen LogP contribution in [0, 0.1) is 11.8 Å². The fraction of sp³-hybridized carbons (Fsp3) is 0.750. The Kier molecular flexibility index (Phi) is 4.18. The van der Waals surface area contributed by atoms with Gasteiger partial charge in [-0.2, -0.15) is 0 Å². The predicted octanol–water partition coefficient (Wildman–Crippen LogP) is 2.38. The second kappa shape index (κ2) is 5.19. The van der Waals surface area contributed by atoms with Gasteiger partial charge in [0, 0.05) is 13.1 Å². The summed E-state index contributed by atoms with van der Waals surface area (Å²) in [5, 5.41) is 0. The average molecular weight is 210 g/mol. The Bertz CT molecular complexity index is 240. The van der Waals surface area contributed by atoms with Gasteiger partial charge in [0.05, 0.1) is 0 Å². The highest BCUT2D eigenvalue weighted by Gasteiger charge is 2.21. The van der Waals surface area contributed by atoms with Crippen LogP contribution < -0.4 is 5.73 Å². The first-order valence-corrected chi connectivity index (χ1v) is 5.72. The molecule has 0 spiro atoms. The molecule has 1 rings (SSSR count). The summed E-state index contributed by atoms with van der Waals surface area (Å²) in [7, 11) is 0. The minimum absolute atomic E-state index is 0.281. The molecular weight excluding hydrogens is 188 g/mol. The fourth-order valence-electron chi connectivity index (χ4n) is 1.96. The zero-order valence-corrected chi connectivity index (χ0v) is 9.83. The lowest BCUT2D eigenvalue weighted by Crippen LogP contribution is -2.41. The highest BCUT2D eigenvalue weighted by Crippen LogP contribution is 2.26. The number of carbonyl (C=O) groups is 1. The highest BCUT2D eigenvalue weighted by molar-refractivity contribution is 5.72. The third kappa shape index (κ3) is 3.57. The van der Waals surface area contributed by atoms with Crippen LogP contribution >= 0.6 is 0 Å². The van der Waals surface area contributed by atoms with Gasteiger partial charge in [0.25, 0.3) is 0 Å². The monoisotopic (exact) mass is 210 g/mol. The van der Waals surface area contributed by atoms with Crippen molar-refractivity contribution in [3.8, 4) is 0 Å². The number of primary amides is 1. The van der Waals surface area contributed by atoms with E-state index in [1.165, 1.54) is 5.57 Å². The zero-order chi connectivity index (χ0) is 11.4. The van der Waals surface area contributed by atoms with Gasteiger partial charge in [0.2, 0.25) is 0 Å². The van der Waals surface area contributed by atoms with E-state index in [4.69, 9.17) is 5.73 Å². The number of allylic oxidation sites excluding steroid dienone is 1. The summed E-state index contributed by atoms with van der Waals surface area (Å²) in [6.07, 6.45) is 3.23. The molecular formula is C12H22N2O. The second-order valence-corrected chi connectivity index (χ2v) is 4.79. The lowest BCUT2D eigenvalue weighted by molar-refractivity contribution is 0.178. The van der Waals surface area contributed by atoms with Gasteiger partial charge in [-0.25, -0.2) is 4.79 Å². The standard InChI is InChI=1S/C12H22N2O/c1-9(2)10(3)8-11-4-6-14(7-5-11)12(13)15/h9,11H,3-8H2,1-2H3,(H2,13,15). The number of amides is 2. The van der Waals surface area contributed by atoms with Crippen LogP contribution in [0.3, 0.4) is 0 Å². The SMILES string of the molecule is C=C(CC1CCN(C(N)=O)CC1)C(C)C. The van der Waals surface area contributed by atoms with Crippen LogP contribution in [0.15, 0.2) is 12.2 Å². The molecule has 1 fully saturated rings. The van der Waals surface area contributed by atoms with Crippen LogP contribution in [0.5, 0.6) is 0 Å². The van der Waals surface area contributed by atoms with E-state index in [-0.39, 0.29) is 6.03 Å². The van der Waals surface area contributed by atoms with Gasteiger partial charge in [-0.1, -0.05) is 26.0 Å². The van der Waals surface area contributed by atoms with Crippen LogP contribution in [0.2, 0.25) is 0 Å². The molecule has 1 aliphatic heterocycles. The van der Waals surface area contributed by atoms with E-state index in [2.05, 4.69) is 20.4 Å². The van der Waals surface area contributed by atoms with Crippen LogP contribution in [0.25, 0.3) is 0 Å². The summed E-state index contributed by atoms with van der Waals surface area (Å²) in [5.41, 5.74) is 6.56. The summed E-state index contributed by atoms with van der Waals surface area (Å²) < 4.78 is 0. The second-order valence-electron chi connectivity index (χ2n) is 4.79. The van der Waals surface area contributed by atoms with Gasteiger partial charge in [-0.3, -0.25) is 0 Å². The summed E-state index contributed by atoms with van der Waals surface area (Å²) in [6.45, 7) is 10.1. The Morgan fingerprint density at radius 1 is 1.47 bits per heavy atom. The van der Waals surface area contributed by atoms with Gasteiger partial charge in [-0.15, -0.1) is 0 Å². The Morgan fingerprint density at radius 2 is 2.00 bits per heavy atom. The van der Waals surface area contributed by atoms with Crippen molar-refractivity contribution >= 4 is 6.03 Å². The molecule has 1 saturated heterocycles. The van der Waals surface area contributed by atoms with Gasteiger partial charge < -0.3 is 10.6 Å². The quantitative estimate of drug-likeness (QED) is 0.714. The normalized spacial score (nSPS) is 18.2. The summed E-state index contributed by atoms with van der Waals surface area (Å²) in [6, 6.07) is -0.281. The van der Waals surface area contributed by atoms with Crippen molar-refractivity contribution in [3.05, 3.63) is 12.2 Å². The van der Waals surface area contributed by atoms with E-state index in [9.17, 15) is 4.79 Å². The molecule has 0 aromatic rings. The molecule has 0 aromatic carbocycles. The van der Waals surface area contributed by atoms with E-state index < -0.39 is 0 Å². The van der Waals surface area contributed by atoms with E-state index in [1.807, 2.05) is 0 Å². The number of likely N-dealkylation sites (tertiary alicyclic amines) is 1. The van der Waals surface area contributed by atoms with Crippen molar-refractivity contribution in [1.82, 2.24) is 4.90 Å². The van der Waals surface area contributed by atoms with Crippen LogP contribution in [-0.4, -0.2) is 24.0 Å². The first-order valence-electron chi connectivity index (χ1n) is 5.72. The molecule has 86 valence electrons. The maximum Gasteiger partial charge on any atom is 0.314 e. The van der Waals surface area contributed by atoms with Gasteiger partial charge >= 0.3 is 6.03 Å². The summed E-state index contributed by atoms with van der Waals surface area (Å²) in [5.74, 6) is 1.26. The van der Waals surface area contributed by atoms with Gasteiger partial charge in [0.1, 0.15) is 0 Å². The van der Waals surface area contributed by atoms with E-state index in [1.54, 1.807) is 4.90 Å². The first-order chi connectivity index (χ1) is 7.00. The third-order valence-corrected chi connectivity index (χ3v) is 3.29. The Morgan fingerprint density at radius 3 is 2.40 bits per heavy atom. The fourth-order valence-corrected chi connectivity index (χ4v) is 1.96. The van der Waals surface area contributed by atoms with Crippen LogP contribution in [0.1, 0.15) is 33.1 Å². The smallest absolute Gasteiger partial charge is 0.314 e. The molecule has 2 N–H and O–H groups in total. The van der Waals surface area contributed by atoms with Crippen LogP contribution in [0.4, 0.5) is 4.79 Å². The number of nitrogens with two attached hydrogens (primary N) is 1. The van der Waals surface area contributed by atoms with Crippen LogP contribution in [-0.2, 0) is 0 Å².